The molecule has 1 unspecified atom stereocenters. The standard InChI is InChI=1S/C19H18FNO2/c1-13(22)11-12-19(2)16-5-3-4-6-17(16)21-18(23-19)14-7-9-15(20)10-8-14/h3-10H,11-12H2,1-2H3. The highest BCUT2D eigenvalue weighted by Crippen LogP contribution is 2.41. The van der Waals surface area contributed by atoms with E-state index in [2.05, 4.69) is 4.99 Å². The second-order valence-corrected chi connectivity index (χ2v) is 5.98. The molecule has 2 aromatic carbocycles. The average Bonchev–Trinajstić information content (AvgIpc) is 2.54. The van der Waals surface area contributed by atoms with Crippen molar-refractivity contribution in [1.29, 1.82) is 0 Å². The summed E-state index contributed by atoms with van der Waals surface area (Å²) in [6, 6.07) is 13.8. The van der Waals surface area contributed by atoms with Crippen molar-refractivity contribution >= 4 is 17.4 Å². The molecule has 2 aromatic rings. The molecule has 1 aliphatic heterocycles. The largest absolute Gasteiger partial charge is 0.466 e. The first-order valence-electron chi connectivity index (χ1n) is 7.60. The number of carbonyl (C=O) groups is 1. The number of hydrogen-bond donors (Lipinski definition) is 0. The number of ketones is 1. The summed E-state index contributed by atoms with van der Waals surface area (Å²) >= 11 is 0. The van der Waals surface area contributed by atoms with E-state index in [1.165, 1.54) is 12.1 Å². The minimum Gasteiger partial charge on any atom is -0.466 e. The van der Waals surface area contributed by atoms with Gasteiger partial charge in [-0.3, -0.25) is 0 Å². The maximum Gasteiger partial charge on any atom is 0.222 e. The number of halogens is 1. The predicted molar refractivity (Wildman–Crippen MR) is 87.4 cm³/mol. The molecule has 0 radical (unpaired) electrons. The third kappa shape index (κ3) is 3.16. The van der Waals surface area contributed by atoms with Gasteiger partial charge < -0.3 is 9.53 Å². The fourth-order valence-corrected chi connectivity index (χ4v) is 2.74. The predicted octanol–water partition coefficient (Wildman–Crippen LogP) is 4.52. The van der Waals surface area contributed by atoms with E-state index in [4.69, 9.17) is 4.74 Å². The molecule has 0 aliphatic carbocycles. The highest BCUT2D eigenvalue weighted by atomic mass is 19.1. The molecule has 0 saturated heterocycles. The first-order valence-corrected chi connectivity index (χ1v) is 7.60. The maximum absolute atomic E-state index is 13.1. The third-order valence-corrected chi connectivity index (χ3v) is 4.06. The number of benzene rings is 2. The number of ether oxygens (including phenoxy) is 1. The van der Waals surface area contributed by atoms with Crippen LogP contribution in [0.3, 0.4) is 0 Å². The summed E-state index contributed by atoms with van der Waals surface area (Å²) in [5.41, 5.74) is 1.87. The summed E-state index contributed by atoms with van der Waals surface area (Å²) in [6.45, 7) is 3.54. The number of rotatable bonds is 4. The molecule has 0 saturated carbocycles. The van der Waals surface area contributed by atoms with Gasteiger partial charge in [0.05, 0.1) is 5.69 Å². The van der Waals surface area contributed by atoms with Gasteiger partial charge in [0.25, 0.3) is 0 Å². The lowest BCUT2D eigenvalue weighted by Gasteiger charge is -2.35. The van der Waals surface area contributed by atoms with Crippen LogP contribution in [0, 0.1) is 5.82 Å². The highest BCUT2D eigenvalue weighted by Gasteiger charge is 2.36. The number of para-hydroxylation sites is 1. The Bertz CT molecular complexity index is 767. The van der Waals surface area contributed by atoms with E-state index in [1.54, 1.807) is 19.1 Å². The minimum atomic E-state index is -0.631. The number of nitrogens with zero attached hydrogens (tertiary/aromatic N) is 1. The quantitative estimate of drug-likeness (QED) is 0.832. The lowest BCUT2D eigenvalue weighted by Crippen LogP contribution is -2.33. The van der Waals surface area contributed by atoms with Crippen LogP contribution in [0.25, 0.3) is 0 Å². The topological polar surface area (TPSA) is 38.7 Å². The molecule has 0 spiro atoms. The second kappa shape index (κ2) is 5.95. The number of Topliss-reactive ketones (excluding diaryl/α,β-unsaturated/α-hetero) is 1. The molecule has 4 heteroatoms. The van der Waals surface area contributed by atoms with E-state index < -0.39 is 5.60 Å². The number of carbonyl (C=O) groups excluding carboxylic acids is 1. The van der Waals surface area contributed by atoms with E-state index in [0.29, 0.717) is 18.7 Å². The fraction of sp³-hybridized carbons (Fsp3) is 0.263. The molecule has 3 rings (SSSR count). The normalized spacial score (nSPS) is 19.5. The van der Waals surface area contributed by atoms with Crippen LogP contribution >= 0.6 is 0 Å². The van der Waals surface area contributed by atoms with Gasteiger partial charge in [-0.25, -0.2) is 9.38 Å². The number of aliphatic imine (C=N–C) groups is 1. The average molecular weight is 311 g/mol. The Kier molecular flexibility index (Phi) is 3.99. The van der Waals surface area contributed by atoms with Crippen LogP contribution in [0.2, 0.25) is 0 Å². The number of fused-ring (bicyclic) bond motifs is 1. The zero-order valence-electron chi connectivity index (χ0n) is 13.2. The Morgan fingerprint density at radius 1 is 1.17 bits per heavy atom. The van der Waals surface area contributed by atoms with Crippen LogP contribution in [0.1, 0.15) is 37.8 Å². The molecule has 0 fully saturated rings. The zero-order valence-corrected chi connectivity index (χ0v) is 13.2. The molecular weight excluding hydrogens is 293 g/mol. The van der Waals surface area contributed by atoms with Gasteiger partial charge in [0.1, 0.15) is 17.2 Å². The lowest BCUT2D eigenvalue weighted by molar-refractivity contribution is -0.118. The molecule has 1 heterocycles. The van der Waals surface area contributed by atoms with E-state index >= 15 is 0 Å². The highest BCUT2D eigenvalue weighted by molar-refractivity contribution is 5.97. The van der Waals surface area contributed by atoms with Gasteiger partial charge in [-0.05, 0) is 50.6 Å². The van der Waals surface area contributed by atoms with Crippen molar-refractivity contribution < 1.29 is 13.9 Å². The first kappa shape index (κ1) is 15.4. The summed E-state index contributed by atoms with van der Waals surface area (Å²) in [4.78, 5) is 16.0. The summed E-state index contributed by atoms with van der Waals surface area (Å²) in [5, 5.41) is 0. The van der Waals surface area contributed by atoms with Crippen molar-refractivity contribution in [2.75, 3.05) is 0 Å². The monoisotopic (exact) mass is 311 g/mol. The second-order valence-electron chi connectivity index (χ2n) is 5.98. The number of hydrogen-bond acceptors (Lipinski definition) is 3. The van der Waals surface area contributed by atoms with E-state index in [0.717, 1.165) is 16.8 Å². The minimum absolute atomic E-state index is 0.123. The van der Waals surface area contributed by atoms with Crippen molar-refractivity contribution in [3.05, 3.63) is 65.5 Å². The van der Waals surface area contributed by atoms with Gasteiger partial charge in [0.2, 0.25) is 5.90 Å². The Hall–Kier alpha value is -2.49. The van der Waals surface area contributed by atoms with E-state index in [1.807, 2.05) is 31.2 Å². The van der Waals surface area contributed by atoms with Crippen LogP contribution < -0.4 is 0 Å². The van der Waals surface area contributed by atoms with E-state index in [-0.39, 0.29) is 11.6 Å². The van der Waals surface area contributed by atoms with Crippen molar-refractivity contribution in [1.82, 2.24) is 0 Å². The van der Waals surface area contributed by atoms with Crippen LogP contribution in [0.4, 0.5) is 10.1 Å². The van der Waals surface area contributed by atoms with Gasteiger partial charge >= 0.3 is 0 Å². The molecule has 0 bridgehead atoms. The Morgan fingerprint density at radius 3 is 2.57 bits per heavy atom. The van der Waals surface area contributed by atoms with Crippen LogP contribution in [0.5, 0.6) is 0 Å². The Morgan fingerprint density at radius 2 is 1.87 bits per heavy atom. The molecule has 3 nitrogen and oxygen atoms in total. The lowest BCUT2D eigenvalue weighted by atomic mass is 9.87. The summed E-state index contributed by atoms with van der Waals surface area (Å²) in [7, 11) is 0. The Labute approximate surface area is 134 Å². The molecule has 23 heavy (non-hydrogen) atoms. The molecule has 0 amide bonds. The van der Waals surface area contributed by atoms with Crippen molar-refractivity contribution in [2.45, 2.75) is 32.3 Å². The first-order chi connectivity index (χ1) is 11.0. The smallest absolute Gasteiger partial charge is 0.222 e. The Balaban J connectivity index is 2.02. The van der Waals surface area contributed by atoms with Crippen LogP contribution in [-0.4, -0.2) is 11.7 Å². The molecular formula is C19H18FNO2. The SMILES string of the molecule is CC(=O)CCC1(C)OC(c2ccc(F)cc2)=Nc2ccccc21. The van der Waals surface area contributed by atoms with Gasteiger partial charge in [-0.15, -0.1) is 0 Å². The van der Waals surface area contributed by atoms with Crippen molar-refractivity contribution in [2.24, 2.45) is 4.99 Å². The van der Waals surface area contributed by atoms with Crippen LogP contribution in [0.15, 0.2) is 53.5 Å². The zero-order chi connectivity index (χ0) is 16.4. The summed E-state index contributed by atoms with van der Waals surface area (Å²) in [5.74, 6) is 0.276. The van der Waals surface area contributed by atoms with E-state index in [9.17, 15) is 9.18 Å². The third-order valence-electron chi connectivity index (χ3n) is 4.06. The van der Waals surface area contributed by atoms with Crippen molar-refractivity contribution in [3.8, 4) is 0 Å². The van der Waals surface area contributed by atoms with Gasteiger partial charge in [0, 0.05) is 17.5 Å². The van der Waals surface area contributed by atoms with Gasteiger partial charge in [-0.1, -0.05) is 18.2 Å². The molecule has 1 atom stereocenters. The molecule has 118 valence electrons. The van der Waals surface area contributed by atoms with Crippen molar-refractivity contribution in [3.63, 3.8) is 0 Å². The molecule has 0 aromatic heterocycles. The fourth-order valence-electron chi connectivity index (χ4n) is 2.74. The molecule has 1 aliphatic rings. The summed E-state index contributed by atoms with van der Waals surface area (Å²) in [6.07, 6.45) is 1.00. The summed E-state index contributed by atoms with van der Waals surface area (Å²) < 4.78 is 19.3. The maximum atomic E-state index is 13.1. The van der Waals surface area contributed by atoms with Gasteiger partial charge in [-0.2, -0.15) is 0 Å². The van der Waals surface area contributed by atoms with Crippen LogP contribution in [-0.2, 0) is 15.1 Å². The van der Waals surface area contributed by atoms with Gasteiger partial charge in [0.15, 0.2) is 0 Å². The molecule has 0 N–H and O–H groups in total.